The molecular formula is C23H25N7O2. The van der Waals surface area contributed by atoms with E-state index in [2.05, 4.69) is 20.4 Å². The molecule has 9 nitrogen and oxygen atoms in total. The van der Waals surface area contributed by atoms with Crippen LogP contribution in [-0.2, 0) is 11.2 Å². The van der Waals surface area contributed by atoms with Gasteiger partial charge in [-0.2, -0.15) is 10.1 Å². The molecule has 1 amide bonds. The number of rotatable bonds is 3. The van der Waals surface area contributed by atoms with Gasteiger partial charge in [-0.3, -0.25) is 9.69 Å². The molecule has 164 valence electrons. The van der Waals surface area contributed by atoms with Gasteiger partial charge >= 0.3 is 0 Å². The van der Waals surface area contributed by atoms with E-state index in [1.54, 1.807) is 10.7 Å². The van der Waals surface area contributed by atoms with Crippen LogP contribution in [0.3, 0.4) is 0 Å². The Hall–Kier alpha value is -3.07. The highest BCUT2D eigenvalue weighted by atomic mass is 16.3. The molecule has 4 heterocycles. The normalized spacial score (nSPS) is 32.7. The number of aliphatic hydroxyl groups is 1. The molecule has 0 aromatic carbocycles. The fraction of sp³-hybridized carbons (Fsp3) is 0.522. The van der Waals surface area contributed by atoms with Crippen LogP contribution in [0.25, 0.3) is 5.65 Å². The van der Waals surface area contributed by atoms with Crippen LogP contribution in [0.15, 0.2) is 24.8 Å². The summed E-state index contributed by atoms with van der Waals surface area (Å²) in [5, 5.41) is 18.7. The summed E-state index contributed by atoms with van der Waals surface area (Å²) in [7, 11) is 0. The predicted octanol–water partition coefficient (Wildman–Crippen LogP) is 2.54. The van der Waals surface area contributed by atoms with Crippen LogP contribution in [0.1, 0.15) is 49.7 Å². The predicted molar refractivity (Wildman–Crippen MR) is 117 cm³/mol. The summed E-state index contributed by atoms with van der Waals surface area (Å²) in [5.74, 6) is 2.23. The van der Waals surface area contributed by atoms with Crippen LogP contribution in [0.4, 0.5) is 17.5 Å². The van der Waals surface area contributed by atoms with Gasteiger partial charge < -0.3 is 10.4 Å². The Kier molecular flexibility index (Phi) is 3.49. The lowest BCUT2D eigenvalue weighted by Crippen LogP contribution is -2.66. The number of nitrogens with one attached hydrogen (secondary N) is 1. The Bertz CT molecular complexity index is 1270. The molecule has 0 radical (unpaired) electrons. The van der Waals surface area contributed by atoms with E-state index in [0.29, 0.717) is 36.4 Å². The molecule has 4 aliphatic carbocycles. The molecule has 0 spiro atoms. The maximum atomic E-state index is 13.2. The van der Waals surface area contributed by atoms with Gasteiger partial charge in [0.2, 0.25) is 11.9 Å². The first-order chi connectivity index (χ1) is 15.4. The number of hydrogen-bond donors (Lipinski definition) is 2. The SMILES string of the molecule is Cc1cc2ncnn2cc1Nc1ncc2c(n1)N(C13CC4CC(CC(O)(C4)C1)C3)C(=O)C2. The number of aromatic nitrogens is 5. The van der Waals surface area contributed by atoms with Crippen molar-refractivity contribution in [2.75, 3.05) is 10.2 Å². The lowest BCUT2D eigenvalue weighted by atomic mass is 9.50. The largest absolute Gasteiger partial charge is 0.390 e. The molecule has 3 aromatic rings. The van der Waals surface area contributed by atoms with Gasteiger partial charge in [-0.05, 0) is 68.9 Å². The Morgan fingerprint density at radius 3 is 2.78 bits per heavy atom. The summed E-state index contributed by atoms with van der Waals surface area (Å²) in [6.07, 6.45) is 11.0. The molecule has 1 aliphatic heterocycles. The maximum Gasteiger partial charge on any atom is 0.233 e. The topological polar surface area (TPSA) is 109 Å². The van der Waals surface area contributed by atoms with Gasteiger partial charge in [-0.1, -0.05) is 0 Å². The summed E-state index contributed by atoms with van der Waals surface area (Å²) < 4.78 is 1.70. The van der Waals surface area contributed by atoms with E-state index in [1.165, 1.54) is 12.7 Å². The molecule has 4 saturated carbocycles. The molecule has 8 rings (SSSR count). The van der Waals surface area contributed by atoms with Crippen molar-refractivity contribution in [1.82, 2.24) is 24.6 Å². The van der Waals surface area contributed by atoms with Crippen molar-refractivity contribution >= 4 is 29.0 Å². The zero-order valence-corrected chi connectivity index (χ0v) is 18.0. The van der Waals surface area contributed by atoms with Crippen molar-refractivity contribution in [1.29, 1.82) is 0 Å². The monoisotopic (exact) mass is 431 g/mol. The summed E-state index contributed by atoms with van der Waals surface area (Å²) in [5.41, 5.74) is 2.54. The summed E-state index contributed by atoms with van der Waals surface area (Å²) in [6.45, 7) is 2.00. The summed E-state index contributed by atoms with van der Waals surface area (Å²) in [4.78, 5) is 28.7. The second-order valence-electron chi connectivity index (χ2n) is 10.4. The first-order valence-corrected chi connectivity index (χ1v) is 11.4. The average molecular weight is 432 g/mol. The third-order valence-corrected chi connectivity index (χ3v) is 7.99. The Morgan fingerprint density at radius 2 is 2.00 bits per heavy atom. The zero-order valence-electron chi connectivity index (χ0n) is 18.0. The lowest BCUT2D eigenvalue weighted by molar-refractivity contribution is -0.141. The molecule has 3 aromatic heterocycles. The van der Waals surface area contributed by atoms with Gasteiger partial charge in [-0.25, -0.2) is 14.5 Å². The minimum atomic E-state index is -0.633. The van der Waals surface area contributed by atoms with Gasteiger partial charge in [0.15, 0.2) is 5.65 Å². The number of hydrogen-bond acceptors (Lipinski definition) is 7. The Balaban J connectivity index is 1.26. The quantitative estimate of drug-likeness (QED) is 0.656. The van der Waals surface area contributed by atoms with Gasteiger partial charge in [-0.15, -0.1) is 0 Å². The maximum absolute atomic E-state index is 13.2. The lowest BCUT2D eigenvalue weighted by Gasteiger charge is -2.62. The van der Waals surface area contributed by atoms with E-state index >= 15 is 0 Å². The Morgan fingerprint density at radius 1 is 1.19 bits per heavy atom. The van der Waals surface area contributed by atoms with Gasteiger partial charge in [0, 0.05) is 11.8 Å². The van der Waals surface area contributed by atoms with Crippen LogP contribution in [-0.4, -0.2) is 46.7 Å². The molecule has 5 aliphatic rings. The molecular weight excluding hydrogens is 406 g/mol. The molecule has 32 heavy (non-hydrogen) atoms. The van der Waals surface area contributed by atoms with Gasteiger partial charge in [0.1, 0.15) is 12.1 Å². The number of anilines is 3. The van der Waals surface area contributed by atoms with E-state index < -0.39 is 5.60 Å². The van der Waals surface area contributed by atoms with E-state index in [9.17, 15) is 9.90 Å². The Labute approximate surface area is 184 Å². The minimum absolute atomic E-state index is 0.0808. The van der Waals surface area contributed by atoms with Crippen LogP contribution >= 0.6 is 0 Å². The highest BCUT2D eigenvalue weighted by Gasteiger charge is 2.61. The van der Waals surface area contributed by atoms with Crippen molar-refractivity contribution in [2.24, 2.45) is 11.8 Å². The number of carbonyl (C=O) groups is 1. The standard InChI is InChI=1S/C23H25N7O2/c1-13-2-18-25-12-26-29(18)10-17(13)27-21-24-9-16-4-19(31)30(20(16)28-21)22-5-14-3-15(6-22)8-23(32,7-14)11-22/h2,9-10,12,14-15,32H,3-8,11H2,1H3,(H,24,27,28). The van der Waals surface area contributed by atoms with Crippen LogP contribution in [0.2, 0.25) is 0 Å². The number of amides is 1. The third kappa shape index (κ3) is 2.57. The molecule has 2 atom stereocenters. The first-order valence-electron chi connectivity index (χ1n) is 11.4. The van der Waals surface area contributed by atoms with Gasteiger partial charge in [0.25, 0.3) is 0 Å². The average Bonchev–Trinajstić information content (AvgIpc) is 3.29. The van der Waals surface area contributed by atoms with Crippen molar-refractivity contribution in [2.45, 2.75) is 63.0 Å². The molecule has 4 fully saturated rings. The number of fused-ring (bicyclic) bond motifs is 2. The van der Waals surface area contributed by atoms with Crippen molar-refractivity contribution in [3.63, 3.8) is 0 Å². The van der Waals surface area contributed by atoms with Crippen molar-refractivity contribution in [3.05, 3.63) is 35.9 Å². The van der Waals surface area contributed by atoms with E-state index in [1.807, 2.05) is 24.1 Å². The van der Waals surface area contributed by atoms with Crippen LogP contribution in [0.5, 0.6) is 0 Å². The molecule has 2 unspecified atom stereocenters. The van der Waals surface area contributed by atoms with E-state index in [4.69, 9.17) is 4.98 Å². The zero-order chi connectivity index (χ0) is 21.7. The first kappa shape index (κ1) is 18.5. The van der Waals surface area contributed by atoms with Crippen molar-refractivity contribution in [3.8, 4) is 0 Å². The second-order valence-corrected chi connectivity index (χ2v) is 10.4. The summed E-state index contributed by atoms with van der Waals surface area (Å²) >= 11 is 0. The van der Waals surface area contributed by atoms with Crippen LogP contribution in [0, 0.1) is 18.8 Å². The molecule has 4 bridgehead atoms. The fourth-order valence-corrected chi connectivity index (χ4v) is 7.26. The number of pyridine rings is 1. The van der Waals surface area contributed by atoms with Crippen molar-refractivity contribution < 1.29 is 9.90 Å². The second kappa shape index (κ2) is 6.04. The molecule has 9 heteroatoms. The smallest absolute Gasteiger partial charge is 0.233 e. The third-order valence-electron chi connectivity index (χ3n) is 7.99. The van der Waals surface area contributed by atoms with Crippen LogP contribution < -0.4 is 10.2 Å². The minimum Gasteiger partial charge on any atom is -0.390 e. The number of carbonyl (C=O) groups excluding carboxylic acids is 1. The fourth-order valence-electron chi connectivity index (χ4n) is 7.26. The number of nitrogens with zero attached hydrogens (tertiary/aromatic N) is 6. The van der Waals surface area contributed by atoms with Gasteiger partial charge in [0.05, 0.1) is 29.4 Å². The highest BCUT2D eigenvalue weighted by Crippen LogP contribution is 2.60. The molecule has 2 N–H and O–H groups in total. The van der Waals surface area contributed by atoms with E-state index in [-0.39, 0.29) is 11.4 Å². The number of aryl methyl sites for hydroxylation is 1. The summed E-state index contributed by atoms with van der Waals surface area (Å²) in [6, 6.07) is 1.95. The highest BCUT2D eigenvalue weighted by molar-refractivity contribution is 6.01. The molecule has 0 saturated heterocycles. The van der Waals surface area contributed by atoms with E-state index in [0.717, 1.165) is 48.1 Å².